The lowest BCUT2D eigenvalue weighted by Gasteiger charge is -2.31. The maximum atomic E-state index is 13.2. The van der Waals surface area contributed by atoms with Crippen molar-refractivity contribution in [1.82, 2.24) is 9.38 Å². The first-order valence-corrected chi connectivity index (χ1v) is 9.95. The van der Waals surface area contributed by atoms with Crippen LogP contribution in [0.5, 0.6) is 0 Å². The molecule has 1 fully saturated rings. The maximum absolute atomic E-state index is 13.2. The number of alkyl halides is 3. The van der Waals surface area contributed by atoms with Gasteiger partial charge in [-0.15, -0.1) is 11.3 Å². The molecule has 0 atom stereocenters. The number of aromatic nitrogens is 2. The van der Waals surface area contributed by atoms with Crippen molar-refractivity contribution in [1.29, 1.82) is 0 Å². The zero-order valence-electron chi connectivity index (χ0n) is 15.2. The Kier molecular flexibility index (Phi) is 5.03. The average Bonchev–Trinajstić information content (AvgIpc) is 3.18. The number of hydrogen-bond donors (Lipinski definition) is 1. The summed E-state index contributed by atoms with van der Waals surface area (Å²) in [6.45, 7) is 1.39. The van der Waals surface area contributed by atoms with Crippen LogP contribution in [0.1, 0.15) is 35.2 Å². The fraction of sp³-hybridized carbons (Fsp3) is 0.316. The highest BCUT2D eigenvalue weighted by molar-refractivity contribution is 7.15. The van der Waals surface area contributed by atoms with Gasteiger partial charge in [0, 0.05) is 30.9 Å². The number of rotatable bonds is 3. The van der Waals surface area contributed by atoms with Gasteiger partial charge in [-0.2, -0.15) is 13.2 Å². The normalized spacial score (nSPS) is 14.9. The summed E-state index contributed by atoms with van der Waals surface area (Å²) in [5, 5.41) is 4.16. The molecule has 10 heteroatoms. The zero-order valence-corrected chi connectivity index (χ0v) is 16.0. The van der Waals surface area contributed by atoms with Crippen LogP contribution in [0.25, 0.3) is 4.96 Å². The number of fused-ring (bicyclic) bond motifs is 1. The number of thiazole rings is 1. The maximum Gasteiger partial charge on any atom is 0.416 e. The molecule has 2 aromatic heterocycles. The van der Waals surface area contributed by atoms with Crippen LogP contribution in [-0.2, 0) is 6.18 Å². The van der Waals surface area contributed by atoms with Gasteiger partial charge in [-0.05, 0) is 37.5 Å². The monoisotopic (exact) mass is 422 g/mol. The summed E-state index contributed by atoms with van der Waals surface area (Å²) >= 11 is 1.24. The third-order valence-electron chi connectivity index (χ3n) is 4.86. The van der Waals surface area contributed by atoms with E-state index in [4.69, 9.17) is 0 Å². The summed E-state index contributed by atoms with van der Waals surface area (Å²) in [4.78, 5) is 31.7. The molecule has 29 heavy (non-hydrogen) atoms. The molecule has 152 valence electrons. The fourth-order valence-corrected chi connectivity index (χ4v) is 4.07. The van der Waals surface area contributed by atoms with Crippen LogP contribution in [0.15, 0.2) is 40.8 Å². The second-order valence-corrected chi connectivity index (χ2v) is 7.64. The number of nitrogens with one attached hydrogen (secondary N) is 1. The molecule has 1 saturated heterocycles. The van der Waals surface area contributed by atoms with E-state index in [-0.39, 0.29) is 11.3 Å². The Labute approximate surface area is 167 Å². The molecular weight excluding hydrogens is 405 g/mol. The lowest BCUT2D eigenvalue weighted by atomic mass is 10.1. The van der Waals surface area contributed by atoms with Gasteiger partial charge in [-0.3, -0.25) is 14.0 Å². The van der Waals surface area contributed by atoms with Crippen LogP contribution >= 0.6 is 11.3 Å². The lowest BCUT2D eigenvalue weighted by molar-refractivity contribution is -0.137. The van der Waals surface area contributed by atoms with Crippen LogP contribution in [0, 0.1) is 0 Å². The van der Waals surface area contributed by atoms with E-state index < -0.39 is 23.2 Å². The Balaban J connectivity index is 1.72. The smallest absolute Gasteiger partial charge is 0.370 e. The average molecular weight is 422 g/mol. The molecule has 1 aromatic carbocycles. The molecule has 6 nitrogen and oxygen atoms in total. The van der Waals surface area contributed by atoms with Crippen molar-refractivity contribution in [2.24, 2.45) is 0 Å². The molecule has 0 bridgehead atoms. The number of anilines is 2. The second-order valence-electron chi connectivity index (χ2n) is 6.76. The molecule has 0 saturated carbocycles. The van der Waals surface area contributed by atoms with E-state index >= 15 is 0 Å². The SMILES string of the molecule is O=C(Nc1cc(C(F)(F)F)ccc1N1CCCCC1)c1cnc2sccn2c1=O. The summed E-state index contributed by atoms with van der Waals surface area (Å²) in [6.07, 6.45) is 1.01. The van der Waals surface area contributed by atoms with Crippen molar-refractivity contribution in [2.75, 3.05) is 23.3 Å². The van der Waals surface area contributed by atoms with Gasteiger partial charge in [0.1, 0.15) is 5.56 Å². The Bertz CT molecular complexity index is 1120. The predicted octanol–water partition coefficient (Wildman–Crippen LogP) is 4.02. The second kappa shape index (κ2) is 7.51. The van der Waals surface area contributed by atoms with E-state index in [1.54, 1.807) is 5.38 Å². The van der Waals surface area contributed by atoms with Crippen molar-refractivity contribution in [3.63, 3.8) is 0 Å². The third-order valence-corrected chi connectivity index (χ3v) is 5.63. The van der Waals surface area contributed by atoms with Gasteiger partial charge in [0.25, 0.3) is 11.5 Å². The molecule has 0 aliphatic carbocycles. The minimum Gasteiger partial charge on any atom is -0.370 e. The van der Waals surface area contributed by atoms with Gasteiger partial charge >= 0.3 is 6.18 Å². The van der Waals surface area contributed by atoms with Gasteiger partial charge in [0.05, 0.1) is 16.9 Å². The van der Waals surface area contributed by atoms with Crippen molar-refractivity contribution < 1.29 is 18.0 Å². The van der Waals surface area contributed by atoms with E-state index in [9.17, 15) is 22.8 Å². The van der Waals surface area contributed by atoms with Crippen LogP contribution in [-0.4, -0.2) is 28.4 Å². The van der Waals surface area contributed by atoms with Gasteiger partial charge in [-0.1, -0.05) is 0 Å². The summed E-state index contributed by atoms with van der Waals surface area (Å²) in [6, 6.07) is 3.29. The van der Waals surface area contributed by atoms with E-state index in [2.05, 4.69) is 10.3 Å². The molecule has 3 heterocycles. The summed E-state index contributed by atoms with van der Waals surface area (Å²) in [5.41, 5.74) is -1.13. The third kappa shape index (κ3) is 3.84. The van der Waals surface area contributed by atoms with E-state index in [0.29, 0.717) is 23.7 Å². The number of hydrogen-bond acceptors (Lipinski definition) is 5. The largest absolute Gasteiger partial charge is 0.416 e. The summed E-state index contributed by atoms with van der Waals surface area (Å²) in [5.74, 6) is -0.791. The Hall–Kier alpha value is -2.88. The van der Waals surface area contributed by atoms with Crippen LogP contribution in [0.2, 0.25) is 0 Å². The van der Waals surface area contributed by atoms with Crippen LogP contribution in [0.4, 0.5) is 24.5 Å². The highest BCUT2D eigenvalue weighted by Gasteiger charge is 2.32. The standard InChI is InChI=1S/C19H17F3N4O2S/c20-19(21,22)12-4-5-15(25-6-2-1-3-7-25)14(10-12)24-16(27)13-11-23-18-26(17(13)28)8-9-29-18/h4-5,8-11H,1-3,6-7H2,(H,24,27). The Morgan fingerprint density at radius 1 is 1.17 bits per heavy atom. The highest BCUT2D eigenvalue weighted by atomic mass is 32.1. The number of nitrogens with zero attached hydrogens (tertiary/aromatic N) is 3. The molecule has 0 radical (unpaired) electrons. The zero-order chi connectivity index (χ0) is 20.6. The van der Waals surface area contributed by atoms with Gasteiger partial charge in [0.15, 0.2) is 4.96 Å². The molecule has 0 spiro atoms. The number of piperidine rings is 1. The summed E-state index contributed by atoms with van der Waals surface area (Å²) < 4.78 is 40.9. The lowest BCUT2D eigenvalue weighted by Crippen LogP contribution is -2.31. The topological polar surface area (TPSA) is 66.7 Å². The molecule has 1 aliphatic rings. The van der Waals surface area contributed by atoms with Crippen LogP contribution in [0.3, 0.4) is 0 Å². The van der Waals surface area contributed by atoms with E-state index in [0.717, 1.165) is 37.6 Å². The van der Waals surface area contributed by atoms with E-state index in [1.165, 1.54) is 28.0 Å². The fourth-order valence-electron chi connectivity index (χ4n) is 3.39. The molecule has 1 aliphatic heterocycles. The van der Waals surface area contributed by atoms with E-state index in [1.807, 2.05) is 4.90 Å². The van der Waals surface area contributed by atoms with Crippen molar-refractivity contribution >= 4 is 33.6 Å². The molecule has 1 amide bonds. The number of halogens is 3. The Morgan fingerprint density at radius 3 is 2.66 bits per heavy atom. The van der Waals surface area contributed by atoms with Crippen LogP contribution < -0.4 is 15.8 Å². The minimum atomic E-state index is -4.55. The molecule has 3 aromatic rings. The van der Waals surface area contributed by atoms with Gasteiger partial charge < -0.3 is 10.2 Å². The van der Waals surface area contributed by atoms with Crippen molar-refractivity contribution in [3.8, 4) is 0 Å². The number of amides is 1. The first-order valence-electron chi connectivity index (χ1n) is 9.07. The van der Waals surface area contributed by atoms with Gasteiger partial charge in [-0.25, -0.2) is 4.98 Å². The Morgan fingerprint density at radius 2 is 1.93 bits per heavy atom. The first kappa shape index (κ1) is 19.4. The number of benzene rings is 1. The van der Waals surface area contributed by atoms with Gasteiger partial charge in [0.2, 0.25) is 0 Å². The van der Waals surface area contributed by atoms with Crippen molar-refractivity contribution in [3.05, 3.63) is 57.5 Å². The number of carbonyl (C=O) groups excluding carboxylic acids is 1. The minimum absolute atomic E-state index is 0.0292. The number of carbonyl (C=O) groups is 1. The summed E-state index contributed by atoms with van der Waals surface area (Å²) in [7, 11) is 0. The molecular formula is C19H17F3N4O2S. The quantitative estimate of drug-likeness (QED) is 0.693. The predicted molar refractivity (Wildman–Crippen MR) is 105 cm³/mol. The molecule has 0 unspecified atom stereocenters. The highest BCUT2D eigenvalue weighted by Crippen LogP contribution is 2.36. The molecule has 1 N–H and O–H groups in total. The van der Waals surface area contributed by atoms with Crippen molar-refractivity contribution in [2.45, 2.75) is 25.4 Å². The molecule has 4 rings (SSSR count). The first-order chi connectivity index (χ1) is 13.8.